The number of rotatable bonds is 7. The van der Waals surface area contributed by atoms with Crippen molar-refractivity contribution in [3.63, 3.8) is 0 Å². The molecule has 2 aromatic carbocycles. The summed E-state index contributed by atoms with van der Waals surface area (Å²) >= 11 is 0. The van der Waals surface area contributed by atoms with Crippen LogP contribution < -0.4 is 19.7 Å². The molecule has 0 aromatic heterocycles. The lowest BCUT2D eigenvalue weighted by Gasteiger charge is -2.42. The molecule has 0 unspecified atom stereocenters. The van der Waals surface area contributed by atoms with Gasteiger partial charge in [0.25, 0.3) is 0 Å². The standard InChI is InChI=1S/C23H29N3O4/c1-6-25(14-16-11-12-19(29-4)20(13-16)30-5)15-21(27)26-18-10-8-7-9-17(18)24-22(28)23(26,2)3/h7-13H,6,14-15H2,1-5H3,(H,24,28). The number of para-hydroxylation sites is 2. The molecule has 2 amide bonds. The van der Waals surface area contributed by atoms with Gasteiger partial charge >= 0.3 is 0 Å². The average molecular weight is 412 g/mol. The molecule has 160 valence electrons. The van der Waals surface area contributed by atoms with Crippen LogP contribution >= 0.6 is 0 Å². The van der Waals surface area contributed by atoms with Crippen LogP contribution in [0.25, 0.3) is 0 Å². The van der Waals surface area contributed by atoms with Gasteiger partial charge in [-0.15, -0.1) is 0 Å². The third-order valence-corrected chi connectivity index (χ3v) is 5.42. The van der Waals surface area contributed by atoms with E-state index in [9.17, 15) is 9.59 Å². The Morgan fingerprint density at radius 2 is 1.80 bits per heavy atom. The normalized spacial score (nSPS) is 14.9. The maximum absolute atomic E-state index is 13.4. The number of nitrogens with one attached hydrogen (secondary N) is 1. The number of benzene rings is 2. The van der Waals surface area contributed by atoms with Crippen LogP contribution in [0.1, 0.15) is 26.3 Å². The zero-order chi connectivity index (χ0) is 21.9. The Kier molecular flexibility index (Phi) is 6.31. The van der Waals surface area contributed by atoms with Crippen LogP contribution in [-0.4, -0.2) is 49.6 Å². The number of anilines is 2. The van der Waals surface area contributed by atoms with Gasteiger partial charge in [0.15, 0.2) is 11.5 Å². The smallest absolute Gasteiger partial charge is 0.250 e. The molecule has 0 saturated heterocycles. The molecular weight excluding hydrogens is 382 g/mol. The topological polar surface area (TPSA) is 71.1 Å². The second kappa shape index (κ2) is 8.75. The molecule has 0 spiro atoms. The van der Waals surface area contributed by atoms with Crippen molar-refractivity contribution in [2.75, 3.05) is 37.5 Å². The van der Waals surface area contributed by atoms with Crippen molar-refractivity contribution in [2.24, 2.45) is 0 Å². The molecule has 0 saturated carbocycles. The van der Waals surface area contributed by atoms with Crippen LogP contribution in [0.15, 0.2) is 42.5 Å². The van der Waals surface area contributed by atoms with Crippen molar-refractivity contribution in [3.8, 4) is 11.5 Å². The van der Waals surface area contributed by atoms with E-state index < -0.39 is 5.54 Å². The molecule has 0 bridgehead atoms. The van der Waals surface area contributed by atoms with Crippen molar-refractivity contribution in [1.29, 1.82) is 0 Å². The Balaban J connectivity index is 1.82. The molecule has 7 nitrogen and oxygen atoms in total. The number of hydrogen-bond donors (Lipinski definition) is 1. The largest absolute Gasteiger partial charge is 0.493 e. The molecule has 0 aliphatic carbocycles. The first-order chi connectivity index (χ1) is 14.3. The summed E-state index contributed by atoms with van der Waals surface area (Å²) < 4.78 is 10.7. The summed E-state index contributed by atoms with van der Waals surface area (Å²) in [4.78, 5) is 29.6. The summed E-state index contributed by atoms with van der Waals surface area (Å²) in [5, 5.41) is 2.89. The van der Waals surface area contributed by atoms with E-state index in [4.69, 9.17) is 9.47 Å². The number of nitrogens with zero attached hydrogens (tertiary/aromatic N) is 2. The fraction of sp³-hybridized carbons (Fsp3) is 0.391. The van der Waals surface area contributed by atoms with E-state index in [0.29, 0.717) is 36.0 Å². The molecule has 0 fully saturated rings. The Hall–Kier alpha value is -3.06. The summed E-state index contributed by atoms with van der Waals surface area (Å²) in [7, 11) is 3.20. The maximum Gasteiger partial charge on any atom is 0.250 e. The van der Waals surface area contributed by atoms with E-state index in [0.717, 1.165) is 5.56 Å². The molecule has 7 heteroatoms. The fourth-order valence-electron chi connectivity index (χ4n) is 3.68. The Bertz CT molecular complexity index is 942. The van der Waals surface area contributed by atoms with Crippen LogP contribution in [0.5, 0.6) is 11.5 Å². The highest BCUT2D eigenvalue weighted by molar-refractivity contribution is 6.14. The van der Waals surface area contributed by atoms with Crippen LogP contribution in [0.4, 0.5) is 11.4 Å². The minimum atomic E-state index is -0.978. The zero-order valence-corrected chi connectivity index (χ0v) is 18.2. The van der Waals surface area contributed by atoms with Gasteiger partial charge < -0.3 is 14.8 Å². The Morgan fingerprint density at radius 1 is 1.10 bits per heavy atom. The van der Waals surface area contributed by atoms with E-state index >= 15 is 0 Å². The molecule has 0 radical (unpaired) electrons. The lowest BCUT2D eigenvalue weighted by atomic mass is 9.96. The van der Waals surface area contributed by atoms with Gasteiger partial charge in [0.05, 0.1) is 32.1 Å². The number of hydrogen-bond acceptors (Lipinski definition) is 5. The van der Waals surface area contributed by atoms with Crippen molar-refractivity contribution in [3.05, 3.63) is 48.0 Å². The maximum atomic E-state index is 13.4. The van der Waals surface area contributed by atoms with Gasteiger partial charge in [0.2, 0.25) is 11.8 Å². The van der Waals surface area contributed by atoms with Crippen molar-refractivity contribution in [2.45, 2.75) is 32.9 Å². The van der Waals surface area contributed by atoms with E-state index in [1.807, 2.05) is 54.3 Å². The molecule has 2 aromatic rings. The van der Waals surface area contributed by atoms with Gasteiger partial charge in [-0.25, -0.2) is 0 Å². The molecule has 1 aliphatic rings. The molecule has 0 atom stereocenters. The Morgan fingerprint density at radius 3 is 2.47 bits per heavy atom. The number of carbonyl (C=O) groups is 2. The highest BCUT2D eigenvalue weighted by Crippen LogP contribution is 2.36. The average Bonchev–Trinajstić information content (AvgIpc) is 2.73. The predicted molar refractivity (Wildman–Crippen MR) is 117 cm³/mol. The highest BCUT2D eigenvalue weighted by Gasteiger charge is 2.43. The summed E-state index contributed by atoms with van der Waals surface area (Å²) in [6.07, 6.45) is 0. The first-order valence-electron chi connectivity index (χ1n) is 9.98. The third-order valence-electron chi connectivity index (χ3n) is 5.42. The minimum absolute atomic E-state index is 0.121. The number of fused-ring (bicyclic) bond motifs is 1. The van der Waals surface area contributed by atoms with Gasteiger partial charge in [0.1, 0.15) is 5.54 Å². The van der Waals surface area contributed by atoms with Crippen LogP contribution in [0, 0.1) is 0 Å². The van der Waals surface area contributed by atoms with Gasteiger partial charge in [-0.05, 0) is 50.2 Å². The van der Waals surface area contributed by atoms with E-state index in [1.165, 1.54) is 0 Å². The van der Waals surface area contributed by atoms with E-state index in [1.54, 1.807) is 33.0 Å². The third kappa shape index (κ3) is 4.11. The fourth-order valence-corrected chi connectivity index (χ4v) is 3.68. The van der Waals surface area contributed by atoms with Crippen molar-refractivity contribution < 1.29 is 19.1 Å². The lowest BCUT2D eigenvalue weighted by Crippen LogP contribution is -2.60. The van der Waals surface area contributed by atoms with Crippen molar-refractivity contribution in [1.82, 2.24) is 4.90 Å². The summed E-state index contributed by atoms with van der Waals surface area (Å²) in [6, 6.07) is 13.1. The number of likely N-dealkylation sites (N-methyl/N-ethyl adjacent to an activating group) is 1. The molecule has 3 rings (SSSR count). The monoisotopic (exact) mass is 411 g/mol. The number of methoxy groups -OCH3 is 2. The van der Waals surface area contributed by atoms with Crippen LogP contribution in [-0.2, 0) is 16.1 Å². The van der Waals surface area contributed by atoms with Crippen molar-refractivity contribution >= 4 is 23.2 Å². The first-order valence-corrected chi connectivity index (χ1v) is 9.98. The second-order valence-corrected chi connectivity index (χ2v) is 7.75. The molecule has 1 N–H and O–H groups in total. The second-order valence-electron chi connectivity index (χ2n) is 7.75. The molecular formula is C23H29N3O4. The number of carbonyl (C=O) groups excluding carboxylic acids is 2. The zero-order valence-electron chi connectivity index (χ0n) is 18.2. The van der Waals surface area contributed by atoms with E-state index in [2.05, 4.69) is 5.32 Å². The molecule has 30 heavy (non-hydrogen) atoms. The van der Waals surface area contributed by atoms with Gasteiger partial charge in [-0.1, -0.05) is 25.1 Å². The first kappa shape index (κ1) is 21.6. The SMILES string of the molecule is CCN(CC(=O)N1c2ccccc2NC(=O)C1(C)C)Cc1ccc(OC)c(OC)c1. The predicted octanol–water partition coefficient (Wildman–Crippen LogP) is 3.29. The van der Waals surface area contributed by atoms with Gasteiger partial charge in [-0.2, -0.15) is 0 Å². The summed E-state index contributed by atoms with van der Waals surface area (Å²) in [5.74, 6) is 1.00. The minimum Gasteiger partial charge on any atom is -0.493 e. The number of ether oxygens (including phenoxy) is 2. The van der Waals surface area contributed by atoms with Gasteiger partial charge in [0, 0.05) is 6.54 Å². The van der Waals surface area contributed by atoms with Gasteiger partial charge in [-0.3, -0.25) is 19.4 Å². The quantitative estimate of drug-likeness (QED) is 0.757. The number of amides is 2. The summed E-state index contributed by atoms with van der Waals surface area (Å²) in [6.45, 7) is 6.99. The highest BCUT2D eigenvalue weighted by atomic mass is 16.5. The Labute approximate surface area is 177 Å². The van der Waals surface area contributed by atoms with Crippen LogP contribution in [0.2, 0.25) is 0 Å². The van der Waals surface area contributed by atoms with Crippen LogP contribution in [0.3, 0.4) is 0 Å². The van der Waals surface area contributed by atoms with E-state index in [-0.39, 0.29) is 18.4 Å². The summed E-state index contributed by atoms with van der Waals surface area (Å²) in [5.41, 5.74) is 1.40. The molecule has 1 aliphatic heterocycles. The molecule has 1 heterocycles. The lowest BCUT2D eigenvalue weighted by molar-refractivity contribution is -0.127.